The van der Waals surface area contributed by atoms with Crippen LogP contribution in [0.15, 0.2) is 54.6 Å². The summed E-state index contributed by atoms with van der Waals surface area (Å²) in [6, 6.07) is 19.1. The fraction of sp³-hybridized carbons (Fsp3) is 0.385. The summed E-state index contributed by atoms with van der Waals surface area (Å²) in [6.45, 7) is 8.97. The van der Waals surface area contributed by atoms with Gasteiger partial charge >= 0.3 is 0 Å². The molecule has 1 saturated heterocycles. The van der Waals surface area contributed by atoms with E-state index >= 15 is 0 Å². The Balaban J connectivity index is 1.42. The minimum atomic E-state index is -0.105. The number of likely N-dealkylation sites (tertiary alicyclic amines) is 1. The lowest BCUT2D eigenvalue weighted by atomic mass is 10.0. The van der Waals surface area contributed by atoms with Crippen molar-refractivity contribution in [1.82, 2.24) is 14.7 Å². The van der Waals surface area contributed by atoms with Crippen LogP contribution in [-0.2, 0) is 13.1 Å². The highest BCUT2D eigenvalue weighted by atomic mass is 16.1. The fourth-order valence-electron chi connectivity index (χ4n) is 4.45. The Bertz CT molecular complexity index is 1020. The molecule has 0 radical (unpaired) electrons. The zero-order valence-electron chi connectivity index (χ0n) is 18.8. The number of nitrogens with one attached hydrogen (secondary N) is 1. The summed E-state index contributed by atoms with van der Waals surface area (Å²) < 4.78 is 1.91. The van der Waals surface area contributed by atoms with E-state index in [2.05, 4.69) is 46.5 Å². The Hall–Kier alpha value is -2.92. The van der Waals surface area contributed by atoms with Gasteiger partial charge in [0.25, 0.3) is 5.91 Å². The average Bonchev–Trinajstić information content (AvgIpc) is 3.04. The van der Waals surface area contributed by atoms with Crippen molar-refractivity contribution in [2.24, 2.45) is 0 Å². The number of aromatic nitrogens is 2. The number of rotatable bonds is 6. The van der Waals surface area contributed by atoms with Crippen molar-refractivity contribution in [2.45, 2.75) is 59.2 Å². The van der Waals surface area contributed by atoms with Crippen LogP contribution >= 0.6 is 0 Å². The van der Waals surface area contributed by atoms with Crippen LogP contribution in [0.3, 0.4) is 0 Å². The molecule has 162 valence electrons. The van der Waals surface area contributed by atoms with Gasteiger partial charge in [-0.05, 0) is 63.4 Å². The van der Waals surface area contributed by atoms with E-state index in [4.69, 9.17) is 0 Å². The highest BCUT2D eigenvalue weighted by Crippen LogP contribution is 2.21. The minimum Gasteiger partial charge on any atom is -0.322 e. The molecule has 1 atom stereocenters. The Morgan fingerprint density at radius 2 is 1.71 bits per heavy atom. The molecule has 1 N–H and O–H groups in total. The highest BCUT2D eigenvalue weighted by molar-refractivity contribution is 6.05. The second kappa shape index (κ2) is 9.48. The van der Waals surface area contributed by atoms with Gasteiger partial charge in [-0.3, -0.25) is 14.4 Å². The average molecular weight is 417 g/mol. The number of nitrogens with zero attached hydrogens (tertiary/aromatic N) is 3. The quantitative estimate of drug-likeness (QED) is 0.603. The summed E-state index contributed by atoms with van der Waals surface area (Å²) in [6.07, 6.45) is 3.91. The van der Waals surface area contributed by atoms with Gasteiger partial charge in [-0.1, -0.05) is 48.9 Å². The molecule has 4 rings (SSSR count). The maximum atomic E-state index is 13.0. The highest BCUT2D eigenvalue weighted by Gasteiger charge is 2.20. The van der Waals surface area contributed by atoms with E-state index in [-0.39, 0.29) is 5.91 Å². The molecule has 1 fully saturated rings. The lowest BCUT2D eigenvalue weighted by molar-refractivity contribution is 0.102. The molecule has 0 saturated carbocycles. The van der Waals surface area contributed by atoms with Crippen LogP contribution < -0.4 is 5.32 Å². The van der Waals surface area contributed by atoms with E-state index in [1.54, 1.807) is 0 Å². The van der Waals surface area contributed by atoms with Crippen LogP contribution in [0, 0.1) is 13.8 Å². The number of hydrogen-bond donors (Lipinski definition) is 1. The molecule has 1 amide bonds. The SMILES string of the molecule is Cc1nn(Cc2ccccc2)c(C)c1C(=O)Nc1ccc(CN2CCCCC2C)cc1. The third-order valence-corrected chi connectivity index (χ3v) is 6.32. The molecule has 3 aromatic rings. The largest absolute Gasteiger partial charge is 0.322 e. The molecule has 1 aliphatic rings. The first-order valence-electron chi connectivity index (χ1n) is 11.2. The Morgan fingerprint density at radius 3 is 2.42 bits per heavy atom. The van der Waals surface area contributed by atoms with Crippen LogP contribution in [0.5, 0.6) is 0 Å². The second-order valence-electron chi connectivity index (χ2n) is 8.66. The summed E-state index contributed by atoms with van der Waals surface area (Å²) in [7, 11) is 0. The molecule has 0 spiro atoms. The topological polar surface area (TPSA) is 50.2 Å². The molecule has 2 heterocycles. The summed E-state index contributed by atoms with van der Waals surface area (Å²) in [5, 5.41) is 7.66. The molecule has 2 aromatic carbocycles. The van der Waals surface area contributed by atoms with E-state index in [0.717, 1.165) is 23.6 Å². The van der Waals surface area contributed by atoms with Gasteiger partial charge in [0.05, 0.1) is 17.8 Å². The number of piperidine rings is 1. The molecular formula is C26H32N4O. The standard InChI is InChI=1S/C26H32N4O/c1-19-9-7-8-16-29(19)17-23-12-14-24(15-13-23)27-26(31)25-20(2)28-30(21(25)3)18-22-10-5-4-6-11-22/h4-6,10-15,19H,7-9,16-18H2,1-3H3,(H,27,31). The van der Waals surface area contributed by atoms with Gasteiger partial charge in [-0.2, -0.15) is 5.10 Å². The van der Waals surface area contributed by atoms with Crippen molar-refractivity contribution in [3.05, 3.63) is 82.7 Å². The number of carbonyl (C=O) groups excluding carboxylic acids is 1. The third-order valence-electron chi connectivity index (χ3n) is 6.32. The molecule has 1 aliphatic heterocycles. The lowest BCUT2D eigenvalue weighted by Crippen LogP contribution is -2.36. The summed E-state index contributed by atoms with van der Waals surface area (Å²) in [5.74, 6) is -0.105. The Labute approximate surface area is 185 Å². The van der Waals surface area contributed by atoms with Crippen LogP contribution in [0.1, 0.15) is 59.1 Å². The Morgan fingerprint density at radius 1 is 1.00 bits per heavy atom. The number of aryl methyl sites for hydroxylation is 1. The number of hydrogen-bond acceptors (Lipinski definition) is 3. The molecule has 1 unspecified atom stereocenters. The number of amides is 1. The van der Waals surface area contributed by atoms with Crippen molar-refractivity contribution in [3.63, 3.8) is 0 Å². The summed E-state index contributed by atoms with van der Waals surface area (Å²) >= 11 is 0. The van der Waals surface area contributed by atoms with Gasteiger partial charge in [0.1, 0.15) is 0 Å². The third kappa shape index (κ3) is 5.05. The van der Waals surface area contributed by atoms with Gasteiger partial charge in [0.2, 0.25) is 0 Å². The van der Waals surface area contributed by atoms with Gasteiger partial charge in [-0.25, -0.2) is 0 Å². The maximum Gasteiger partial charge on any atom is 0.259 e. The molecule has 5 nitrogen and oxygen atoms in total. The smallest absolute Gasteiger partial charge is 0.259 e. The second-order valence-corrected chi connectivity index (χ2v) is 8.66. The molecule has 1 aromatic heterocycles. The van der Waals surface area contributed by atoms with Crippen molar-refractivity contribution < 1.29 is 4.79 Å². The Kier molecular flexibility index (Phi) is 6.52. The number of anilines is 1. The van der Waals surface area contributed by atoms with E-state index in [1.807, 2.05) is 48.9 Å². The van der Waals surface area contributed by atoms with E-state index in [0.29, 0.717) is 18.2 Å². The van der Waals surface area contributed by atoms with Gasteiger partial charge in [-0.15, -0.1) is 0 Å². The van der Waals surface area contributed by atoms with Crippen LogP contribution in [0.4, 0.5) is 5.69 Å². The molecule has 31 heavy (non-hydrogen) atoms. The molecule has 5 heteroatoms. The van der Waals surface area contributed by atoms with Crippen molar-refractivity contribution in [1.29, 1.82) is 0 Å². The van der Waals surface area contributed by atoms with Gasteiger partial charge in [0, 0.05) is 24.0 Å². The van der Waals surface area contributed by atoms with Gasteiger partial charge in [0.15, 0.2) is 0 Å². The number of carbonyl (C=O) groups is 1. The summed E-state index contributed by atoms with van der Waals surface area (Å²) in [4.78, 5) is 15.5. The molecular weight excluding hydrogens is 384 g/mol. The normalized spacial score (nSPS) is 16.9. The van der Waals surface area contributed by atoms with Gasteiger partial charge < -0.3 is 5.32 Å². The predicted molar refractivity (Wildman–Crippen MR) is 125 cm³/mol. The lowest BCUT2D eigenvalue weighted by Gasteiger charge is -2.33. The maximum absolute atomic E-state index is 13.0. The van der Waals surface area contributed by atoms with E-state index < -0.39 is 0 Å². The van der Waals surface area contributed by atoms with E-state index in [9.17, 15) is 4.79 Å². The minimum absolute atomic E-state index is 0.105. The molecule has 0 aliphatic carbocycles. The molecule has 0 bridgehead atoms. The summed E-state index contributed by atoms with van der Waals surface area (Å²) in [5.41, 5.74) is 5.56. The van der Waals surface area contributed by atoms with Crippen LogP contribution in [0.2, 0.25) is 0 Å². The monoisotopic (exact) mass is 416 g/mol. The zero-order chi connectivity index (χ0) is 21.8. The van der Waals surface area contributed by atoms with Crippen molar-refractivity contribution in [2.75, 3.05) is 11.9 Å². The van der Waals surface area contributed by atoms with E-state index in [1.165, 1.54) is 36.9 Å². The fourth-order valence-corrected chi connectivity index (χ4v) is 4.45. The predicted octanol–water partition coefficient (Wildman–Crippen LogP) is 5.17. The van der Waals surface area contributed by atoms with Crippen LogP contribution in [-0.4, -0.2) is 33.2 Å². The van der Waals surface area contributed by atoms with Crippen LogP contribution in [0.25, 0.3) is 0 Å². The first-order valence-corrected chi connectivity index (χ1v) is 11.2. The zero-order valence-corrected chi connectivity index (χ0v) is 18.8. The van der Waals surface area contributed by atoms with Crippen molar-refractivity contribution in [3.8, 4) is 0 Å². The number of benzene rings is 2. The van der Waals surface area contributed by atoms with Crippen molar-refractivity contribution >= 4 is 11.6 Å². The first-order chi connectivity index (χ1) is 15.0. The first kappa shape index (κ1) is 21.3.